The first-order valence-corrected chi connectivity index (χ1v) is 5.74. The molecule has 0 saturated carbocycles. The van der Waals surface area contributed by atoms with Gasteiger partial charge in [-0.3, -0.25) is 4.79 Å². The van der Waals surface area contributed by atoms with E-state index in [0.717, 1.165) is 12.1 Å². The highest BCUT2D eigenvalue weighted by Crippen LogP contribution is 2.36. The number of aryl methyl sites for hydroxylation is 1. The lowest BCUT2D eigenvalue weighted by molar-refractivity contribution is -0.137. The summed E-state index contributed by atoms with van der Waals surface area (Å²) in [5.74, 6) is -0.298. The van der Waals surface area contributed by atoms with Gasteiger partial charge in [0.15, 0.2) is 5.78 Å². The largest absolute Gasteiger partial charge is 0.417 e. The maximum Gasteiger partial charge on any atom is 0.417 e. The van der Waals surface area contributed by atoms with Gasteiger partial charge in [0.2, 0.25) is 0 Å². The van der Waals surface area contributed by atoms with E-state index in [-0.39, 0.29) is 22.2 Å². The summed E-state index contributed by atoms with van der Waals surface area (Å²) in [6, 6.07) is 1.95. The molecule has 0 aliphatic carbocycles. The van der Waals surface area contributed by atoms with Crippen LogP contribution in [0.1, 0.15) is 21.5 Å². The van der Waals surface area contributed by atoms with Crippen molar-refractivity contribution in [3.05, 3.63) is 33.8 Å². The van der Waals surface area contributed by atoms with Crippen molar-refractivity contribution in [3.63, 3.8) is 0 Å². The van der Waals surface area contributed by atoms with Gasteiger partial charge in [-0.05, 0) is 24.6 Å². The predicted molar refractivity (Wildman–Crippen MR) is 59.3 cm³/mol. The highest BCUT2D eigenvalue weighted by molar-refractivity contribution is 9.09. The third-order valence-corrected chi connectivity index (χ3v) is 2.86. The molecule has 88 valence electrons. The molecule has 1 rings (SSSR count). The van der Waals surface area contributed by atoms with E-state index < -0.39 is 16.8 Å². The number of benzene rings is 1. The van der Waals surface area contributed by atoms with Gasteiger partial charge in [-0.2, -0.15) is 13.2 Å². The Morgan fingerprint density at radius 1 is 1.44 bits per heavy atom. The minimum atomic E-state index is -4.50. The monoisotopic (exact) mass is 314 g/mol. The number of carbonyl (C=O) groups is 1. The maximum absolute atomic E-state index is 12.5. The minimum absolute atomic E-state index is 0.0511. The van der Waals surface area contributed by atoms with Crippen LogP contribution in [0.15, 0.2) is 12.1 Å². The summed E-state index contributed by atoms with van der Waals surface area (Å²) in [6.45, 7) is 1.45. The Labute approximate surface area is 104 Å². The van der Waals surface area contributed by atoms with Gasteiger partial charge in [0.1, 0.15) is 0 Å². The van der Waals surface area contributed by atoms with Crippen molar-refractivity contribution in [2.45, 2.75) is 13.1 Å². The molecule has 0 aliphatic heterocycles. The lowest BCUT2D eigenvalue weighted by atomic mass is 10.0. The van der Waals surface area contributed by atoms with Crippen LogP contribution in [0, 0.1) is 6.92 Å². The summed E-state index contributed by atoms with van der Waals surface area (Å²) in [4.78, 5) is 11.4. The van der Waals surface area contributed by atoms with E-state index in [9.17, 15) is 18.0 Å². The van der Waals surface area contributed by atoms with Gasteiger partial charge in [0.25, 0.3) is 0 Å². The van der Waals surface area contributed by atoms with Crippen molar-refractivity contribution < 1.29 is 18.0 Å². The van der Waals surface area contributed by atoms with E-state index in [2.05, 4.69) is 15.9 Å². The van der Waals surface area contributed by atoms with Gasteiger partial charge >= 0.3 is 6.18 Å². The van der Waals surface area contributed by atoms with E-state index in [0.29, 0.717) is 0 Å². The molecular weight excluding hydrogens is 308 g/mol. The Balaban J connectivity index is 3.33. The van der Waals surface area contributed by atoms with Gasteiger partial charge in [-0.25, -0.2) is 0 Å². The van der Waals surface area contributed by atoms with Gasteiger partial charge < -0.3 is 0 Å². The average Bonchev–Trinajstić information content (AvgIpc) is 2.18. The lowest BCUT2D eigenvalue weighted by Gasteiger charge is -2.12. The predicted octanol–water partition coefficient (Wildman–Crippen LogP) is 4.24. The molecule has 0 saturated heterocycles. The Hall–Kier alpha value is -0.550. The second-order valence-corrected chi connectivity index (χ2v) is 4.17. The van der Waals surface area contributed by atoms with Crippen molar-refractivity contribution >= 4 is 33.3 Å². The average molecular weight is 316 g/mol. The molecule has 0 aromatic heterocycles. The fourth-order valence-corrected chi connectivity index (χ4v) is 1.84. The van der Waals surface area contributed by atoms with Crippen molar-refractivity contribution in [1.29, 1.82) is 0 Å². The number of alkyl halides is 4. The van der Waals surface area contributed by atoms with Crippen molar-refractivity contribution in [1.82, 2.24) is 0 Å². The number of hydrogen-bond acceptors (Lipinski definition) is 1. The van der Waals surface area contributed by atoms with Crippen molar-refractivity contribution in [2.24, 2.45) is 0 Å². The molecule has 0 amide bonds. The van der Waals surface area contributed by atoms with Crippen LogP contribution < -0.4 is 0 Å². The molecule has 0 unspecified atom stereocenters. The first-order chi connectivity index (χ1) is 7.27. The molecule has 0 bridgehead atoms. The van der Waals surface area contributed by atoms with Crippen molar-refractivity contribution in [3.8, 4) is 0 Å². The summed E-state index contributed by atoms with van der Waals surface area (Å²) in [6.07, 6.45) is -4.50. The zero-order chi connectivity index (χ0) is 12.5. The summed E-state index contributed by atoms with van der Waals surface area (Å²) in [7, 11) is 0. The normalized spacial score (nSPS) is 11.6. The minimum Gasteiger partial charge on any atom is -0.293 e. The van der Waals surface area contributed by atoms with E-state index in [1.54, 1.807) is 0 Å². The number of carbonyl (C=O) groups excluding carboxylic acids is 1. The molecule has 6 heteroatoms. The summed E-state index contributed by atoms with van der Waals surface area (Å²) in [5, 5.41) is -0.405. The first-order valence-electron chi connectivity index (χ1n) is 4.24. The Bertz CT molecular complexity index is 429. The Morgan fingerprint density at radius 3 is 2.44 bits per heavy atom. The summed E-state index contributed by atoms with van der Waals surface area (Å²) < 4.78 is 37.4. The molecule has 0 heterocycles. The van der Waals surface area contributed by atoms with Crippen molar-refractivity contribution in [2.75, 3.05) is 5.33 Å². The summed E-state index contributed by atoms with van der Waals surface area (Å²) >= 11 is 8.45. The van der Waals surface area contributed by atoms with Crippen LogP contribution in [-0.4, -0.2) is 11.1 Å². The van der Waals surface area contributed by atoms with Gasteiger partial charge in [0, 0.05) is 5.56 Å². The van der Waals surface area contributed by atoms with E-state index in [1.165, 1.54) is 6.92 Å². The Kier molecular flexibility index (Phi) is 4.02. The highest BCUT2D eigenvalue weighted by Gasteiger charge is 2.34. The van der Waals surface area contributed by atoms with Gasteiger partial charge in [0.05, 0.1) is 15.9 Å². The number of rotatable bonds is 2. The molecule has 1 aromatic rings. The maximum atomic E-state index is 12.5. The molecular formula is C10H7BrClF3O. The molecule has 0 fully saturated rings. The first kappa shape index (κ1) is 13.5. The SMILES string of the molecule is Cc1cc(C(F)(F)F)c(Cl)cc1C(=O)CBr. The van der Waals surface area contributed by atoms with E-state index in [1.807, 2.05) is 0 Å². The number of halogens is 5. The third kappa shape index (κ3) is 2.77. The zero-order valence-electron chi connectivity index (χ0n) is 8.16. The van der Waals surface area contributed by atoms with Crippen LogP contribution in [0.25, 0.3) is 0 Å². The molecule has 1 nitrogen and oxygen atoms in total. The molecule has 0 radical (unpaired) electrons. The number of ketones is 1. The molecule has 1 aromatic carbocycles. The van der Waals surface area contributed by atoms with Gasteiger partial charge in [-0.15, -0.1) is 0 Å². The molecule has 0 spiro atoms. The number of hydrogen-bond donors (Lipinski definition) is 0. The smallest absolute Gasteiger partial charge is 0.293 e. The molecule has 16 heavy (non-hydrogen) atoms. The number of Topliss-reactive ketones (excluding diaryl/α,β-unsaturated/α-hetero) is 1. The zero-order valence-corrected chi connectivity index (χ0v) is 10.5. The standard InChI is InChI=1S/C10H7BrClF3O/c1-5-2-7(10(13,14)15)8(12)3-6(5)9(16)4-11/h2-3H,4H2,1H3. The third-order valence-electron chi connectivity index (χ3n) is 2.04. The topological polar surface area (TPSA) is 17.1 Å². The van der Waals surface area contributed by atoms with Crippen LogP contribution in [0.2, 0.25) is 5.02 Å². The van der Waals surface area contributed by atoms with Crippen LogP contribution >= 0.6 is 27.5 Å². The fourth-order valence-electron chi connectivity index (χ4n) is 1.27. The van der Waals surface area contributed by atoms with E-state index in [4.69, 9.17) is 11.6 Å². The van der Waals surface area contributed by atoms with Crippen LogP contribution in [-0.2, 0) is 6.18 Å². The summed E-state index contributed by atoms with van der Waals surface area (Å²) in [5.41, 5.74) is -0.450. The van der Waals surface area contributed by atoms with E-state index >= 15 is 0 Å². The van der Waals surface area contributed by atoms with Crippen LogP contribution in [0.4, 0.5) is 13.2 Å². The fraction of sp³-hybridized carbons (Fsp3) is 0.300. The molecule has 0 atom stereocenters. The lowest BCUT2D eigenvalue weighted by Crippen LogP contribution is -2.10. The second kappa shape index (κ2) is 4.75. The Morgan fingerprint density at radius 2 is 2.00 bits per heavy atom. The molecule has 0 aliphatic rings. The highest BCUT2D eigenvalue weighted by atomic mass is 79.9. The second-order valence-electron chi connectivity index (χ2n) is 3.20. The van der Waals surface area contributed by atoms with Crippen LogP contribution in [0.3, 0.4) is 0 Å². The van der Waals surface area contributed by atoms with Crippen LogP contribution in [0.5, 0.6) is 0 Å². The quantitative estimate of drug-likeness (QED) is 0.589. The molecule has 0 N–H and O–H groups in total. The van der Waals surface area contributed by atoms with Gasteiger partial charge in [-0.1, -0.05) is 27.5 Å².